The molecule has 0 bridgehead atoms. The summed E-state index contributed by atoms with van der Waals surface area (Å²) < 4.78 is 0. The van der Waals surface area contributed by atoms with Crippen LogP contribution in [0.4, 0.5) is 0 Å². The van der Waals surface area contributed by atoms with Crippen molar-refractivity contribution in [2.24, 2.45) is 11.8 Å². The molecule has 0 aromatic rings. The van der Waals surface area contributed by atoms with Gasteiger partial charge in [0, 0.05) is 0 Å². The van der Waals surface area contributed by atoms with Crippen LogP contribution >= 0.6 is 0 Å². The van der Waals surface area contributed by atoms with Gasteiger partial charge in [-0.25, -0.2) is 0 Å². The van der Waals surface area contributed by atoms with E-state index < -0.39 is 0 Å². The van der Waals surface area contributed by atoms with E-state index in [0.29, 0.717) is 11.8 Å². The van der Waals surface area contributed by atoms with E-state index in [-0.39, 0.29) is 0 Å². The van der Waals surface area contributed by atoms with Gasteiger partial charge >= 0.3 is 0 Å². The number of allylic oxidation sites excluding steroid dienone is 1. The zero-order valence-corrected chi connectivity index (χ0v) is 5.85. The Morgan fingerprint density at radius 2 is 2.00 bits per heavy atom. The summed E-state index contributed by atoms with van der Waals surface area (Å²) in [5.74, 6) is 1.31. The first-order chi connectivity index (χ1) is 3.72. The fourth-order valence-electron chi connectivity index (χ4n) is 0.723. The molecule has 0 heterocycles. The van der Waals surface area contributed by atoms with Crippen LogP contribution in [-0.4, -0.2) is 0 Å². The van der Waals surface area contributed by atoms with Crippen molar-refractivity contribution in [1.29, 1.82) is 0 Å². The van der Waals surface area contributed by atoms with Gasteiger partial charge in [-0.2, -0.15) is 0 Å². The molecule has 1 atom stereocenters. The summed E-state index contributed by atoms with van der Waals surface area (Å²) in [5, 5.41) is 0. The summed E-state index contributed by atoms with van der Waals surface area (Å²) >= 11 is 0. The van der Waals surface area contributed by atoms with E-state index in [1.807, 2.05) is 6.08 Å². The van der Waals surface area contributed by atoms with E-state index in [1.54, 1.807) is 0 Å². The Kier molecular flexibility index (Phi) is 3.59. The second-order valence-electron chi connectivity index (χ2n) is 2.43. The third-order valence-corrected chi connectivity index (χ3v) is 1.49. The average Bonchev–Trinajstić information content (AvgIpc) is 1.69. The minimum absolute atomic E-state index is 0.606. The van der Waals surface area contributed by atoms with E-state index in [0.717, 1.165) is 6.42 Å². The predicted octanol–water partition coefficient (Wildman–Crippen LogP) is 2.67. The highest BCUT2D eigenvalue weighted by Crippen LogP contribution is 2.14. The van der Waals surface area contributed by atoms with E-state index in [2.05, 4.69) is 27.4 Å². The van der Waals surface area contributed by atoms with Gasteiger partial charge in [-0.3, -0.25) is 0 Å². The van der Waals surface area contributed by atoms with Gasteiger partial charge in [-0.1, -0.05) is 26.8 Å². The summed E-state index contributed by atoms with van der Waals surface area (Å²) in [5.41, 5.74) is 0. The first-order valence-corrected chi connectivity index (χ1v) is 3.14. The Balaban J connectivity index is 3.51. The van der Waals surface area contributed by atoms with Crippen LogP contribution in [-0.2, 0) is 0 Å². The third-order valence-electron chi connectivity index (χ3n) is 1.49. The summed E-state index contributed by atoms with van der Waals surface area (Å²) in [7, 11) is 0. The molecule has 0 aromatic heterocycles. The maximum Gasteiger partial charge on any atom is -0.0213 e. The lowest BCUT2D eigenvalue weighted by Gasteiger charge is -2.12. The highest BCUT2D eigenvalue weighted by Gasteiger charge is 2.03. The molecule has 0 aliphatic rings. The number of rotatable bonds is 3. The Bertz CT molecular complexity index is 62.4. The standard InChI is InChI=1S/C8H15/c1-5-8(6-2)7(3)4/h5,7-8H,1-2,6H2,3-4H3. The van der Waals surface area contributed by atoms with Crippen LogP contribution in [0.2, 0.25) is 0 Å². The van der Waals surface area contributed by atoms with E-state index in [4.69, 9.17) is 0 Å². The van der Waals surface area contributed by atoms with Crippen LogP contribution in [0.5, 0.6) is 0 Å². The largest absolute Gasteiger partial charge is 0.103 e. The van der Waals surface area contributed by atoms with E-state index in [1.165, 1.54) is 0 Å². The molecule has 0 aromatic carbocycles. The van der Waals surface area contributed by atoms with Crippen molar-refractivity contribution in [3.05, 3.63) is 19.6 Å². The van der Waals surface area contributed by atoms with Crippen LogP contribution in [0.25, 0.3) is 0 Å². The molecule has 0 N–H and O–H groups in total. The fraction of sp³-hybridized carbons (Fsp3) is 0.625. The van der Waals surface area contributed by atoms with Gasteiger partial charge in [0.2, 0.25) is 0 Å². The van der Waals surface area contributed by atoms with Crippen molar-refractivity contribution in [3.8, 4) is 0 Å². The van der Waals surface area contributed by atoms with Crippen molar-refractivity contribution in [2.45, 2.75) is 20.3 Å². The Labute approximate surface area is 52.6 Å². The van der Waals surface area contributed by atoms with Crippen LogP contribution in [0.1, 0.15) is 20.3 Å². The van der Waals surface area contributed by atoms with Gasteiger partial charge in [-0.15, -0.1) is 6.58 Å². The molecular weight excluding hydrogens is 96.1 g/mol. The number of hydrogen-bond donors (Lipinski definition) is 0. The Morgan fingerprint density at radius 1 is 1.50 bits per heavy atom. The van der Waals surface area contributed by atoms with Crippen molar-refractivity contribution in [2.75, 3.05) is 0 Å². The molecule has 0 amide bonds. The topological polar surface area (TPSA) is 0 Å². The van der Waals surface area contributed by atoms with Crippen molar-refractivity contribution < 1.29 is 0 Å². The minimum Gasteiger partial charge on any atom is -0.103 e. The Hall–Kier alpha value is -0.260. The van der Waals surface area contributed by atoms with Crippen molar-refractivity contribution >= 4 is 0 Å². The van der Waals surface area contributed by atoms with Gasteiger partial charge < -0.3 is 0 Å². The third kappa shape index (κ3) is 2.15. The summed E-state index contributed by atoms with van der Waals surface area (Å²) in [6, 6.07) is 0. The van der Waals surface area contributed by atoms with Crippen molar-refractivity contribution in [3.63, 3.8) is 0 Å². The zero-order valence-electron chi connectivity index (χ0n) is 5.85. The van der Waals surface area contributed by atoms with Crippen LogP contribution in [0.15, 0.2) is 12.7 Å². The minimum atomic E-state index is 0.606. The van der Waals surface area contributed by atoms with Crippen LogP contribution in [0, 0.1) is 18.8 Å². The number of hydrogen-bond acceptors (Lipinski definition) is 0. The second kappa shape index (κ2) is 3.71. The van der Waals surface area contributed by atoms with Gasteiger partial charge in [0.25, 0.3) is 0 Å². The maximum absolute atomic E-state index is 3.81. The molecular formula is C8H15. The van der Waals surface area contributed by atoms with E-state index in [9.17, 15) is 0 Å². The fourth-order valence-corrected chi connectivity index (χ4v) is 0.723. The van der Waals surface area contributed by atoms with Crippen LogP contribution in [0.3, 0.4) is 0 Å². The molecule has 0 saturated carbocycles. The molecule has 0 saturated heterocycles. The highest BCUT2D eigenvalue weighted by molar-refractivity contribution is 4.81. The van der Waals surface area contributed by atoms with Gasteiger partial charge in [0.05, 0.1) is 0 Å². The highest BCUT2D eigenvalue weighted by atomic mass is 14.1. The first kappa shape index (κ1) is 7.74. The van der Waals surface area contributed by atoms with Gasteiger partial charge in [0.15, 0.2) is 0 Å². The molecule has 0 nitrogen and oxygen atoms in total. The molecule has 1 unspecified atom stereocenters. The molecule has 0 aliphatic carbocycles. The summed E-state index contributed by atoms with van der Waals surface area (Å²) in [4.78, 5) is 0. The molecule has 8 heavy (non-hydrogen) atoms. The SMILES string of the molecule is [CH2]CC(C=C)C(C)C. The van der Waals surface area contributed by atoms with Crippen molar-refractivity contribution in [1.82, 2.24) is 0 Å². The van der Waals surface area contributed by atoms with Gasteiger partial charge in [-0.05, 0) is 18.3 Å². The molecule has 0 heteroatoms. The molecule has 0 fully saturated rings. The smallest absolute Gasteiger partial charge is 0.0213 e. The summed E-state index contributed by atoms with van der Waals surface area (Å²) in [6.45, 7) is 11.9. The lowest BCUT2D eigenvalue weighted by atomic mass is 9.94. The average molecular weight is 111 g/mol. The van der Waals surface area contributed by atoms with Crippen LogP contribution < -0.4 is 0 Å². The normalized spacial score (nSPS) is 14.0. The molecule has 0 rings (SSSR count). The van der Waals surface area contributed by atoms with Gasteiger partial charge in [0.1, 0.15) is 0 Å². The molecule has 47 valence electrons. The van der Waals surface area contributed by atoms with E-state index >= 15 is 0 Å². The molecule has 0 spiro atoms. The molecule has 1 radical (unpaired) electrons. The maximum atomic E-state index is 3.81. The first-order valence-electron chi connectivity index (χ1n) is 3.14. The second-order valence-corrected chi connectivity index (χ2v) is 2.43. The quantitative estimate of drug-likeness (QED) is 0.491. The molecule has 0 aliphatic heterocycles. The monoisotopic (exact) mass is 111 g/mol. The lowest BCUT2D eigenvalue weighted by molar-refractivity contribution is 0.470. The Morgan fingerprint density at radius 3 is 2.00 bits per heavy atom. The summed E-state index contributed by atoms with van der Waals surface area (Å²) in [6.07, 6.45) is 2.96. The zero-order chi connectivity index (χ0) is 6.57. The predicted molar refractivity (Wildman–Crippen MR) is 38.5 cm³/mol. The lowest BCUT2D eigenvalue weighted by Crippen LogP contribution is -2.02.